The molecule has 4 unspecified atom stereocenters. The van der Waals surface area contributed by atoms with Crippen molar-refractivity contribution in [3.8, 4) is 5.75 Å². The number of hydrogen-bond donors (Lipinski definition) is 2. The van der Waals surface area contributed by atoms with Crippen molar-refractivity contribution in [3.63, 3.8) is 0 Å². The van der Waals surface area contributed by atoms with Gasteiger partial charge < -0.3 is 24.3 Å². The molecule has 0 amide bonds. The second-order valence-electron chi connectivity index (χ2n) is 6.94. The number of nitrogens with two attached hydrogens (primary N) is 1. The smallest absolute Gasteiger partial charge is 0.318 e. The number of benzene rings is 1. The van der Waals surface area contributed by atoms with Crippen LogP contribution in [0.3, 0.4) is 0 Å². The maximum Gasteiger partial charge on any atom is 0.318 e. The summed E-state index contributed by atoms with van der Waals surface area (Å²) < 4.78 is 19.7. The van der Waals surface area contributed by atoms with Crippen molar-refractivity contribution < 1.29 is 18.6 Å². The Morgan fingerprint density at radius 3 is 3.00 bits per heavy atom. The van der Waals surface area contributed by atoms with Crippen molar-refractivity contribution >= 4 is 26.3 Å². The molecule has 1 saturated heterocycles. The number of hydrogen-bond acceptors (Lipinski definition) is 9. The van der Waals surface area contributed by atoms with Crippen molar-refractivity contribution in [1.82, 2.24) is 24.7 Å². The quantitative estimate of drug-likeness (QED) is 0.388. The van der Waals surface area contributed by atoms with E-state index in [-0.39, 0.29) is 24.7 Å². The van der Waals surface area contributed by atoms with Gasteiger partial charge in [-0.15, -0.1) is 0 Å². The van der Waals surface area contributed by atoms with E-state index in [4.69, 9.17) is 19.5 Å². The van der Waals surface area contributed by atoms with Crippen LogP contribution in [-0.4, -0.2) is 45.1 Å². The Morgan fingerprint density at radius 1 is 1.37 bits per heavy atom. The molecule has 4 rings (SSSR count). The van der Waals surface area contributed by atoms with E-state index in [1.54, 1.807) is 10.7 Å². The number of nitrogen functional groups attached to an aromatic ring is 1. The molecule has 4 atom stereocenters. The molecule has 11 heteroatoms. The van der Waals surface area contributed by atoms with Gasteiger partial charge >= 0.3 is 8.53 Å². The van der Waals surface area contributed by atoms with Crippen LogP contribution in [0.15, 0.2) is 42.9 Å². The lowest BCUT2D eigenvalue weighted by Gasteiger charge is -2.20. The molecule has 1 aromatic carbocycles. The summed E-state index contributed by atoms with van der Waals surface area (Å²) in [6.07, 6.45) is 4.39. The minimum Gasteiger partial charge on any atom is -0.436 e. The summed E-state index contributed by atoms with van der Waals surface area (Å²) in [6, 6.07) is 9.33. The molecule has 158 valence electrons. The van der Waals surface area contributed by atoms with Crippen LogP contribution in [0, 0.1) is 5.92 Å². The molecule has 30 heavy (non-hydrogen) atoms. The van der Waals surface area contributed by atoms with Crippen LogP contribution in [0.1, 0.15) is 25.1 Å². The van der Waals surface area contributed by atoms with Crippen LogP contribution < -0.4 is 15.3 Å². The Hall–Kier alpha value is -2.65. The largest absolute Gasteiger partial charge is 0.436 e. The standard InChI is InChI=1S/C19H23N6O4P/c1-13-9-15(11-27-30(24-7-8-26)29-14-5-3-2-4-6-14)28-17(13)16-10-21-19-18(20)22-12-23-25(16)19/h2-6,8,10,12-13,15,17,24H,7,9,11H2,1H3,(H2,20,22,23). The van der Waals surface area contributed by atoms with Crippen molar-refractivity contribution in [2.24, 2.45) is 5.92 Å². The number of nitrogens with zero attached hydrogens (tertiary/aromatic N) is 4. The third kappa shape index (κ3) is 4.57. The van der Waals surface area contributed by atoms with Gasteiger partial charge in [-0.05, 0) is 24.5 Å². The third-order valence-electron chi connectivity index (χ3n) is 4.75. The topological polar surface area (TPSA) is 126 Å². The second-order valence-corrected chi connectivity index (χ2v) is 8.21. The molecule has 3 heterocycles. The Kier molecular flexibility index (Phi) is 6.49. The fourth-order valence-electron chi connectivity index (χ4n) is 3.39. The Morgan fingerprint density at radius 2 is 2.20 bits per heavy atom. The maximum atomic E-state index is 10.8. The highest BCUT2D eigenvalue weighted by Gasteiger charge is 2.36. The first kappa shape index (κ1) is 20.6. The number of ether oxygens (including phenoxy) is 1. The molecule has 10 nitrogen and oxygen atoms in total. The Bertz CT molecular complexity index is 988. The summed E-state index contributed by atoms with van der Waals surface area (Å²) in [5.41, 5.74) is 7.22. The number of imidazole rings is 1. The average molecular weight is 430 g/mol. The molecule has 3 N–H and O–H groups in total. The Balaban J connectivity index is 1.40. The molecule has 0 spiro atoms. The van der Waals surface area contributed by atoms with Gasteiger partial charge in [0, 0.05) is 0 Å². The monoisotopic (exact) mass is 430 g/mol. The maximum absolute atomic E-state index is 10.8. The summed E-state index contributed by atoms with van der Waals surface area (Å²) in [5, 5.41) is 7.23. The number of carbonyl (C=O) groups excluding carboxylic acids is 1. The normalized spacial score (nSPS) is 22.2. The summed E-state index contributed by atoms with van der Waals surface area (Å²) in [7, 11) is -1.48. The van der Waals surface area contributed by atoms with Gasteiger partial charge in [0.15, 0.2) is 11.5 Å². The molecular weight excluding hydrogens is 407 g/mol. The Labute approximate surface area is 174 Å². The third-order valence-corrected chi connectivity index (χ3v) is 5.95. The molecule has 1 fully saturated rings. The van der Waals surface area contributed by atoms with E-state index in [1.807, 2.05) is 30.3 Å². The lowest BCUT2D eigenvalue weighted by Crippen LogP contribution is -2.20. The van der Waals surface area contributed by atoms with E-state index in [9.17, 15) is 4.79 Å². The fraction of sp³-hybridized carbons (Fsp3) is 0.368. The van der Waals surface area contributed by atoms with Gasteiger partial charge in [-0.1, -0.05) is 25.1 Å². The van der Waals surface area contributed by atoms with Crippen molar-refractivity contribution in [2.45, 2.75) is 25.6 Å². The van der Waals surface area contributed by atoms with Gasteiger partial charge in [0.2, 0.25) is 0 Å². The number of para-hydroxylation sites is 1. The number of carbonyl (C=O) groups is 1. The average Bonchev–Trinajstić information content (AvgIpc) is 3.34. The van der Waals surface area contributed by atoms with Gasteiger partial charge in [0.05, 0.1) is 31.1 Å². The van der Waals surface area contributed by atoms with Crippen molar-refractivity contribution in [2.75, 3.05) is 18.9 Å². The second kappa shape index (κ2) is 9.44. The van der Waals surface area contributed by atoms with E-state index >= 15 is 0 Å². The fourth-order valence-corrected chi connectivity index (χ4v) is 4.44. The highest BCUT2D eigenvalue weighted by atomic mass is 31.2. The number of nitrogens with one attached hydrogen (secondary N) is 1. The summed E-state index contributed by atoms with van der Waals surface area (Å²) in [4.78, 5) is 19.0. The zero-order valence-corrected chi connectivity index (χ0v) is 17.3. The molecule has 1 aliphatic heterocycles. The van der Waals surface area contributed by atoms with E-state index in [2.05, 4.69) is 27.1 Å². The van der Waals surface area contributed by atoms with Crippen LogP contribution in [-0.2, 0) is 14.1 Å². The van der Waals surface area contributed by atoms with Crippen LogP contribution in [0.5, 0.6) is 5.75 Å². The zero-order chi connectivity index (χ0) is 20.9. The number of aldehydes is 1. The first-order valence-corrected chi connectivity index (χ1v) is 10.8. The first-order valence-electron chi connectivity index (χ1n) is 9.58. The van der Waals surface area contributed by atoms with Gasteiger partial charge in [-0.3, -0.25) is 0 Å². The number of rotatable bonds is 9. The summed E-state index contributed by atoms with van der Waals surface area (Å²) in [5.74, 6) is 1.23. The minimum absolute atomic E-state index is 0.128. The number of fused-ring (bicyclic) bond motifs is 1. The molecule has 0 radical (unpaired) electrons. The summed E-state index contributed by atoms with van der Waals surface area (Å²) >= 11 is 0. The molecule has 2 aromatic heterocycles. The number of anilines is 1. The van der Waals surface area contributed by atoms with Crippen LogP contribution in [0.4, 0.5) is 5.82 Å². The number of aromatic nitrogens is 4. The van der Waals surface area contributed by atoms with E-state index in [0.717, 1.165) is 18.4 Å². The lowest BCUT2D eigenvalue weighted by atomic mass is 10.00. The van der Waals surface area contributed by atoms with E-state index < -0.39 is 8.53 Å². The van der Waals surface area contributed by atoms with E-state index in [1.165, 1.54) is 6.33 Å². The molecule has 0 aliphatic carbocycles. The minimum atomic E-state index is -1.48. The lowest BCUT2D eigenvalue weighted by molar-refractivity contribution is -0.106. The molecule has 1 aliphatic rings. The van der Waals surface area contributed by atoms with Gasteiger partial charge in [-0.25, -0.2) is 19.6 Å². The van der Waals surface area contributed by atoms with Crippen LogP contribution in [0.25, 0.3) is 5.65 Å². The van der Waals surface area contributed by atoms with Crippen LogP contribution in [0.2, 0.25) is 0 Å². The summed E-state index contributed by atoms with van der Waals surface area (Å²) in [6.45, 7) is 2.59. The molecule has 3 aromatic rings. The van der Waals surface area contributed by atoms with Crippen molar-refractivity contribution in [1.29, 1.82) is 0 Å². The SMILES string of the molecule is CC1CC(COP(NCC=O)Oc2ccccc2)OC1c1cnc2c(N)ncnn12. The molecule has 0 saturated carbocycles. The van der Waals surface area contributed by atoms with Gasteiger partial charge in [0.1, 0.15) is 24.5 Å². The highest BCUT2D eigenvalue weighted by Crippen LogP contribution is 2.41. The van der Waals surface area contributed by atoms with E-state index in [0.29, 0.717) is 23.8 Å². The van der Waals surface area contributed by atoms with Gasteiger partial charge in [-0.2, -0.15) is 5.10 Å². The van der Waals surface area contributed by atoms with Crippen LogP contribution >= 0.6 is 8.53 Å². The van der Waals surface area contributed by atoms with Gasteiger partial charge in [0.25, 0.3) is 0 Å². The molecular formula is C19H23N6O4P. The predicted molar refractivity (Wildman–Crippen MR) is 111 cm³/mol. The first-order chi connectivity index (χ1) is 14.7. The predicted octanol–water partition coefficient (Wildman–Crippen LogP) is 2.28. The molecule has 0 bridgehead atoms. The zero-order valence-electron chi connectivity index (χ0n) is 16.4. The highest BCUT2D eigenvalue weighted by molar-refractivity contribution is 7.45. The van der Waals surface area contributed by atoms with Crippen molar-refractivity contribution in [3.05, 3.63) is 48.5 Å².